The summed E-state index contributed by atoms with van der Waals surface area (Å²) in [6, 6.07) is 0. The highest BCUT2D eigenvalue weighted by Gasteiger charge is 2.63. The minimum Gasteiger partial charge on any atom is -0.381 e. The summed E-state index contributed by atoms with van der Waals surface area (Å²) in [7, 11) is 1.83. The van der Waals surface area contributed by atoms with Crippen LogP contribution in [-0.4, -0.2) is 24.8 Å². The van der Waals surface area contributed by atoms with Crippen molar-refractivity contribution in [2.75, 3.05) is 7.11 Å². The van der Waals surface area contributed by atoms with Crippen LogP contribution in [0.4, 0.5) is 0 Å². The Balaban J connectivity index is 1.72. The SMILES string of the molecule is CO[C@H]1C[C@]2(C)C(=O)CCC2C2CCC3CC(=O)CC[C@]3(C)C21. The second kappa shape index (κ2) is 5.15. The van der Waals surface area contributed by atoms with E-state index in [0.717, 1.165) is 38.5 Å². The fourth-order valence-electron chi connectivity index (χ4n) is 7.13. The molecule has 0 radical (unpaired) electrons. The first-order valence-corrected chi connectivity index (χ1v) is 9.48. The van der Waals surface area contributed by atoms with Crippen LogP contribution in [0.25, 0.3) is 0 Å². The predicted octanol–water partition coefficient (Wildman–Crippen LogP) is 3.79. The second-order valence-corrected chi connectivity index (χ2v) is 9.18. The Hall–Kier alpha value is -0.700. The van der Waals surface area contributed by atoms with Crippen molar-refractivity contribution in [2.45, 2.75) is 71.3 Å². The molecular formula is C20H30O3. The predicted molar refractivity (Wildman–Crippen MR) is 87.9 cm³/mol. The Labute approximate surface area is 139 Å². The van der Waals surface area contributed by atoms with Crippen LogP contribution >= 0.6 is 0 Å². The number of hydrogen-bond acceptors (Lipinski definition) is 3. The van der Waals surface area contributed by atoms with Crippen molar-refractivity contribution in [2.24, 2.45) is 34.5 Å². The Bertz CT molecular complexity index is 541. The number of ketones is 2. The van der Waals surface area contributed by atoms with Crippen molar-refractivity contribution in [1.82, 2.24) is 0 Å². The van der Waals surface area contributed by atoms with E-state index in [1.807, 2.05) is 7.11 Å². The van der Waals surface area contributed by atoms with Gasteiger partial charge in [0.1, 0.15) is 11.6 Å². The molecule has 4 aliphatic rings. The van der Waals surface area contributed by atoms with E-state index in [0.29, 0.717) is 35.2 Å². The van der Waals surface area contributed by atoms with E-state index in [-0.39, 0.29) is 16.9 Å². The molecular weight excluding hydrogens is 288 g/mol. The summed E-state index contributed by atoms with van der Waals surface area (Å²) in [5.74, 6) is 3.14. The molecule has 0 bridgehead atoms. The van der Waals surface area contributed by atoms with Gasteiger partial charge < -0.3 is 4.74 Å². The van der Waals surface area contributed by atoms with E-state index in [1.165, 1.54) is 12.8 Å². The second-order valence-electron chi connectivity index (χ2n) is 9.18. The molecule has 23 heavy (non-hydrogen) atoms. The van der Waals surface area contributed by atoms with E-state index in [4.69, 9.17) is 4.74 Å². The van der Waals surface area contributed by atoms with Crippen LogP contribution in [0.5, 0.6) is 0 Å². The molecule has 4 saturated carbocycles. The quantitative estimate of drug-likeness (QED) is 0.739. The van der Waals surface area contributed by atoms with Crippen LogP contribution in [0.15, 0.2) is 0 Å². The van der Waals surface area contributed by atoms with Crippen LogP contribution in [0.2, 0.25) is 0 Å². The van der Waals surface area contributed by atoms with Crippen LogP contribution in [0.1, 0.15) is 65.2 Å². The summed E-state index contributed by atoms with van der Waals surface area (Å²) in [5.41, 5.74) is 0.0694. The van der Waals surface area contributed by atoms with Crippen molar-refractivity contribution in [3.05, 3.63) is 0 Å². The van der Waals surface area contributed by atoms with Crippen LogP contribution < -0.4 is 0 Å². The standard InChI is InChI=1S/C20H30O3/c1-19-9-8-13(21)10-12(19)4-5-14-15-6-7-17(22)20(15,2)11-16(23-3)18(14)19/h12,14-16,18H,4-11H2,1-3H3/t12?,14?,15?,16-,18?,19-,20-/m0/s1. The van der Waals surface area contributed by atoms with Crippen molar-refractivity contribution in [1.29, 1.82) is 0 Å². The molecule has 4 aliphatic carbocycles. The maximum absolute atomic E-state index is 12.6. The van der Waals surface area contributed by atoms with E-state index >= 15 is 0 Å². The van der Waals surface area contributed by atoms with Gasteiger partial charge in [-0.05, 0) is 61.2 Å². The normalized spacial score (nSPS) is 52.7. The highest BCUT2D eigenvalue weighted by molar-refractivity contribution is 5.87. The maximum atomic E-state index is 12.6. The lowest BCUT2D eigenvalue weighted by atomic mass is 9.44. The molecule has 0 N–H and O–H groups in total. The molecule has 0 aromatic rings. The monoisotopic (exact) mass is 318 g/mol. The van der Waals surface area contributed by atoms with Gasteiger partial charge in [0, 0.05) is 31.8 Å². The van der Waals surface area contributed by atoms with Gasteiger partial charge in [0.15, 0.2) is 0 Å². The summed E-state index contributed by atoms with van der Waals surface area (Å²) in [4.78, 5) is 24.5. The molecule has 4 unspecified atom stereocenters. The van der Waals surface area contributed by atoms with Gasteiger partial charge in [-0.3, -0.25) is 9.59 Å². The van der Waals surface area contributed by atoms with Crippen LogP contribution in [0, 0.1) is 34.5 Å². The van der Waals surface area contributed by atoms with E-state index in [9.17, 15) is 9.59 Å². The first-order valence-electron chi connectivity index (χ1n) is 9.48. The maximum Gasteiger partial charge on any atom is 0.139 e. The molecule has 4 fully saturated rings. The van der Waals surface area contributed by atoms with E-state index in [1.54, 1.807) is 0 Å². The van der Waals surface area contributed by atoms with Crippen molar-refractivity contribution >= 4 is 11.6 Å². The average molecular weight is 318 g/mol. The van der Waals surface area contributed by atoms with Gasteiger partial charge in [0.25, 0.3) is 0 Å². The lowest BCUT2D eigenvalue weighted by Gasteiger charge is -2.61. The molecule has 3 heteroatoms. The molecule has 4 rings (SSSR count). The van der Waals surface area contributed by atoms with Gasteiger partial charge in [0.2, 0.25) is 0 Å². The molecule has 0 aromatic carbocycles. The van der Waals surface area contributed by atoms with Gasteiger partial charge in [-0.25, -0.2) is 0 Å². The topological polar surface area (TPSA) is 43.4 Å². The Morgan fingerprint density at radius 2 is 1.87 bits per heavy atom. The van der Waals surface area contributed by atoms with E-state index < -0.39 is 0 Å². The Kier molecular flexibility index (Phi) is 3.54. The molecule has 0 amide bonds. The number of ether oxygens (including phenoxy) is 1. The van der Waals surface area contributed by atoms with Crippen LogP contribution in [0.3, 0.4) is 0 Å². The fourth-order valence-corrected chi connectivity index (χ4v) is 7.13. The zero-order chi connectivity index (χ0) is 16.4. The summed E-state index contributed by atoms with van der Waals surface area (Å²) < 4.78 is 5.99. The molecule has 0 heterocycles. The number of carbonyl (C=O) groups is 2. The molecule has 0 aromatic heterocycles. The summed E-state index contributed by atoms with van der Waals surface area (Å²) in [6.07, 6.45) is 7.81. The number of methoxy groups -OCH3 is 1. The van der Waals surface area contributed by atoms with Crippen molar-refractivity contribution < 1.29 is 14.3 Å². The highest BCUT2D eigenvalue weighted by Crippen LogP contribution is 2.65. The fraction of sp³-hybridized carbons (Fsp3) is 0.900. The minimum atomic E-state index is -0.157. The number of fused-ring (bicyclic) bond motifs is 5. The van der Waals surface area contributed by atoms with Gasteiger partial charge in [-0.1, -0.05) is 13.8 Å². The van der Waals surface area contributed by atoms with Gasteiger partial charge in [-0.2, -0.15) is 0 Å². The number of rotatable bonds is 1. The third-order valence-electron chi connectivity index (χ3n) is 8.40. The van der Waals surface area contributed by atoms with Gasteiger partial charge >= 0.3 is 0 Å². The molecule has 0 saturated heterocycles. The summed E-state index contributed by atoms with van der Waals surface area (Å²) in [6.45, 7) is 4.63. The van der Waals surface area contributed by atoms with Crippen molar-refractivity contribution in [3.8, 4) is 0 Å². The first-order chi connectivity index (χ1) is 10.9. The lowest BCUT2D eigenvalue weighted by molar-refractivity contribution is -0.177. The Morgan fingerprint density at radius 3 is 2.61 bits per heavy atom. The van der Waals surface area contributed by atoms with Gasteiger partial charge in [-0.15, -0.1) is 0 Å². The molecule has 3 nitrogen and oxygen atoms in total. The average Bonchev–Trinajstić information content (AvgIpc) is 2.82. The summed E-state index contributed by atoms with van der Waals surface area (Å²) in [5, 5.41) is 0. The minimum absolute atomic E-state index is 0.157. The number of hydrogen-bond donors (Lipinski definition) is 0. The lowest BCUT2D eigenvalue weighted by Crippen LogP contribution is -2.59. The largest absolute Gasteiger partial charge is 0.381 e. The molecule has 7 atom stereocenters. The summed E-state index contributed by atoms with van der Waals surface area (Å²) >= 11 is 0. The number of Topliss-reactive ketones (excluding diaryl/α,β-unsaturated/α-hetero) is 2. The smallest absolute Gasteiger partial charge is 0.139 e. The highest BCUT2D eigenvalue weighted by atomic mass is 16.5. The molecule has 0 aliphatic heterocycles. The molecule has 0 spiro atoms. The van der Waals surface area contributed by atoms with Gasteiger partial charge in [0.05, 0.1) is 6.10 Å². The first kappa shape index (κ1) is 15.8. The van der Waals surface area contributed by atoms with Crippen LogP contribution in [-0.2, 0) is 14.3 Å². The Morgan fingerprint density at radius 1 is 1.09 bits per heavy atom. The molecule has 128 valence electrons. The third-order valence-corrected chi connectivity index (χ3v) is 8.40. The zero-order valence-electron chi connectivity index (χ0n) is 14.8. The zero-order valence-corrected chi connectivity index (χ0v) is 14.8. The van der Waals surface area contributed by atoms with Crippen molar-refractivity contribution in [3.63, 3.8) is 0 Å². The van der Waals surface area contributed by atoms with E-state index in [2.05, 4.69) is 13.8 Å². The number of carbonyl (C=O) groups excluding carboxylic acids is 2. The third kappa shape index (κ3) is 2.04.